The molecular weight excluding hydrogens is 189 g/mol. The van der Waals surface area contributed by atoms with Crippen LogP contribution in [-0.2, 0) is 9.63 Å². The first kappa shape index (κ1) is 12.2. The molecule has 0 rings (SSSR count). The molecule has 13 heavy (non-hydrogen) atoms. The minimum atomic E-state index is -4.15. The SMILES string of the molecule is NC(=O)CONCCCC(F)(F)F. The largest absolute Gasteiger partial charge is 0.389 e. The van der Waals surface area contributed by atoms with Crippen LogP contribution < -0.4 is 11.2 Å². The Hall–Kier alpha value is -0.820. The molecule has 0 aliphatic rings. The van der Waals surface area contributed by atoms with Crippen LogP contribution in [0, 0.1) is 0 Å². The van der Waals surface area contributed by atoms with Crippen LogP contribution in [0.1, 0.15) is 12.8 Å². The van der Waals surface area contributed by atoms with Gasteiger partial charge in [-0.05, 0) is 6.42 Å². The van der Waals surface area contributed by atoms with Gasteiger partial charge >= 0.3 is 6.18 Å². The van der Waals surface area contributed by atoms with Crippen LogP contribution in [0.5, 0.6) is 0 Å². The molecule has 0 unspecified atom stereocenters. The minimum absolute atomic E-state index is 0.0345. The first-order chi connectivity index (χ1) is 5.92. The van der Waals surface area contributed by atoms with E-state index in [0.29, 0.717) is 0 Å². The highest BCUT2D eigenvalue weighted by Crippen LogP contribution is 2.20. The second kappa shape index (κ2) is 5.76. The normalized spacial score (nSPS) is 11.6. The first-order valence-corrected chi connectivity index (χ1v) is 3.61. The maximum atomic E-state index is 11.6. The van der Waals surface area contributed by atoms with Gasteiger partial charge in [-0.3, -0.25) is 9.63 Å². The average Bonchev–Trinajstić information content (AvgIpc) is 1.93. The lowest BCUT2D eigenvalue weighted by Crippen LogP contribution is -2.26. The molecule has 0 heterocycles. The lowest BCUT2D eigenvalue weighted by atomic mass is 10.3. The minimum Gasteiger partial charge on any atom is -0.368 e. The number of hydrogen-bond donors (Lipinski definition) is 2. The second-order valence-electron chi connectivity index (χ2n) is 2.37. The number of halogens is 3. The highest BCUT2D eigenvalue weighted by molar-refractivity contribution is 5.74. The third-order valence-electron chi connectivity index (χ3n) is 1.06. The fraction of sp³-hybridized carbons (Fsp3) is 0.833. The molecular formula is C6H11F3N2O2. The van der Waals surface area contributed by atoms with Crippen LogP contribution in [0.4, 0.5) is 13.2 Å². The van der Waals surface area contributed by atoms with Crippen molar-refractivity contribution in [1.82, 2.24) is 5.48 Å². The van der Waals surface area contributed by atoms with Crippen LogP contribution in [0.2, 0.25) is 0 Å². The molecule has 0 aromatic carbocycles. The molecule has 0 bridgehead atoms. The molecule has 0 fully saturated rings. The van der Waals surface area contributed by atoms with Gasteiger partial charge < -0.3 is 5.73 Å². The second-order valence-corrected chi connectivity index (χ2v) is 2.37. The zero-order valence-corrected chi connectivity index (χ0v) is 6.86. The summed E-state index contributed by atoms with van der Waals surface area (Å²) >= 11 is 0. The Morgan fingerprint density at radius 1 is 1.46 bits per heavy atom. The summed E-state index contributed by atoms with van der Waals surface area (Å²) in [6, 6.07) is 0. The van der Waals surface area contributed by atoms with E-state index in [1.807, 2.05) is 0 Å². The molecule has 0 radical (unpaired) electrons. The molecule has 0 aromatic heterocycles. The Morgan fingerprint density at radius 3 is 2.54 bits per heavy atom. The van der Waals surface area contributed by atoms with Crippen molar-refractivity contribution < 1.29 is 22.8 Å². The van der Waals surface area contributed by atoms with Crippen LogP contribution >= 0.6 is 0 Å². The lowest BCUT2D eigenvalue weighted by molar-refractivity contribution is -0.137. The third-order valence-corrected chi connectivity index (χ3v) is 1.06. The van der Waals surface area contributed by atoms with Crippen LogP contribution in [0.15, 0.2) is 0 Å². The molecule has 0 aromatic rings. The van der Waals surface area contributed by atoms with Crippen molar-refractivity contribution in [1.29, 1.82) is 0 Å². The van der Waals surface area contributed by atoms with Gasteiger partial charge in [-0.15, -0.1) is 0 Å². The number of hydroxylamine groups is 1. The van der Waals surface area contributed by atoms with Crippen LogP contribution in [0.25, 0.3) is 0 Å². The van der Waals surface area contributed by atoms with E-state index in [1.165, 1.54) is 0 Å². The summed E-state index contributed by atoms with van der Waals surface area (Å²) in [6.07, 6.45) is -5.12. The van der Waals surface area contributed by atoms with E-state index < -0.39 is 18.5 Å². The molecule has 1 amide bonds. The standard InChI is InChI=1S/C6H11F3N2O2/c7-6(8,9)2-1-3-11-13-4-5(10)12/h11H,1-4H2,(H2,10,12). The van der Waals surface area contributed by atoms with Crippen molar-refractivity contribution in [2.24, 2.45) is 5.73 Å². The Kier molecular flexibility index (Phi) is 5.40. The number of alkyl halides is 3. The summed E-state index contributed by atoms with van der Waals surface area (Å²) < 4.78 is 34.7. The Morgan fingerprint density at radius 2 is 2.08 bits per heavy atom. The van der Waals surface area contributed by atoms with E-state index in [-0.39, 0.29) is 19.6 Å². The summed E-state index contributed by atoms with van der Waals surface area (Å²) in [5.74, 6) is -0.677. The van der Waals surface area contributed by atoms with Crippen molar-refractivity contribution in [2.45, 2.75) is 19.0 Å². The number of amides is 1. The topological polar surface area (TPSA) is 64.4 Å². The van der Waals surface area contributed by atoms with Gasteiger partial charge in [-0.2, -0.15) is 13.2 Å². The van der Waals surface area contributed by atoms with Crippen molar-refractivity contribution >= 4 is 5.91 Å². The number of carbonyl (C=O) groups is 1. The number of primary amides is 1. The number of rotatable bonds is 6. The monoisotopic (exact) mass is 200 g/mol. The highest BCUT2D eigenvalue weighted by atomic mass is 19.4. The van der Waals surface area contributed by atoms with Gasteiger partial charge in [0.1, 0.15) is 6.61 Å². The van der Waals surface area contributed by atoms with Crippen molar-refractivity contribution in [2.75, 3.05) is 13.2 Å². The molecule has 4 nitrogen and oxygen atoms in total. The maximum absolute atomic E-state index is 11.6. The Bertz CT molecular complexity index is 160. The molecule has 78 valence electrons. The van der Waals surface area contributed by atoms with Gasteiger partial charge in [0.25, 0.3) is 0 Å². The van der Waals surface area contributed by atoms with Crippen LogP contribution in [-0.4, -0.2) is 25.2 Å². The van der Waals surface area contributed by atoms with Crippen molar-refractivity contribution in [3.05, 3.63) is 0 Å². The molecule has 0 aliphatic heterocycles. The average molecular weight is 200 g/mol. The summed E-state index contributed by atoms with van der Waals surface area (Å²) in [6.45, 7) is -0.307. The number of nitrogens with two attached hydrogens (primary N) is 1. The summed E-state index contributed by atoms with van der Waals surface area (Å²) in [5, 5.41) is 0. The quantitative estimate of drug-likeness (QED) is 0.480. The zero-order chi connectivity index (χ0) is 10.3. The smallest absolute Gasteiger partial charge is 0.368 e. The van der Waals surface area contributed by atoms with E-state index in [1.54, 1.807) is 0 Å². The van der Waals surface area contributed by atoms with E-state index in [2.05, 4.69) is 10.3 Å². The molecule has 0 spiro atoms. The fourth-order valence-electron chi connectivity index (χ4n) is 0.555. The molecule has 0 saturated heterocycles. The first-order valence-electron chi connectivity index (χ1n) is 3.61. The maximum Gasteiger partial charge on any atom is 0.389 e. The molecule has 0 saturated carbocycles. The fourth-order valence-corrected chi connectivity index (χ4v) is 0.555. The van der Waals surface area contributed by atoms with Crippen molar-refractivity contribution in [3.63, 3.8) is 0 Å². The zero-order valence-electron chi connectivity index (χ0n) is 6.86. The lowest BCUT2D eigenvalue weighted by Gasteiger charge is -2.06. The van der Waals surface area contributed by atoms with Gasteiger partial charge in [0.05, 0.1) is 0 Å². The van der Waals surface area contributed by atoms with Crippen molar-refractivity contribution in [3.8, 4) is 0 Å². The van der Waals surface area contributed by atoms with E-state index >= 15 is 0 Å². The molecule has 0 aliphatic carbocycles. The molecule has 7 heteroatoms. The number of carbonyl (C=O) groups excluding carboxylic acids is 1. The molecule has 3 N–H and O–H groups in total. The van der Waals surface area contributed by atoms with Crippen LogP contribution in [0.3, 0.4) is 0 Å². The Balaban J connectivity index is 3.13. The highest BCUT2D eigenvalue weighted by Gasteiger charge is 2.25. The van der Waals surface area contributed by atoms with E-state index in [0.717, 1.165) is 0 Å². The van der Waals surface area contributed by atoms with E-state index in [9.17, 15) is 18.0 Å². The molecule has 0 atom stereocenters. The number of hydrogen-bond acceptors (Lipinski definition) is 3. The Labute approximate surface area is 73.2 Å². The predicted octanol–water partition coefficient (Wildman–Crippen LogP) is 0.335. The summed E-state index contributed by atoms with van der Waals surface area (Å²) in [4.78, 5) is 14.5. The van der Waals surface area contributed by atoms with Gasteiger partial charge in [0.15, 0.2) is 0 Å². The van der Waals surface area contributed by atoms with Gasteiger partial charge in [-0.25, -0.2) is 5.48 Å². The summed E-state index contributed by atoms with van der Waals surface area (Å²) in [5.41, 5.74) is 6.88. The third kappa shape index (κ3) is 11.2. The predicted molar refractivity (Wildman–Crippen MR) is 38.4 cm³/mol. The van der Waals surface area contributed by atoms with Gasteiger partial charge in [0, 0.05) is 13.0 Å². The number of nitrogens with one attached hydrogen (secondary N) is 1. The summed E-state index contributed by atoms with van der Waals surface area (Å²) in [7, 11) is 0. The van der Waals surface area contributed by atoms with E-state index in [4.69, 9.17) is 5.73 Å². The van der Waals surface area contributed by atoms with Gasteiger partial charge in [-0.1, -0.05) is 0 Å². The van der Waals surface area contributed by atoms with Gasteiger partial charge in [0.2, 0.25) is 5.91 Å².